The Morgan fingerprint density at radius 1 is 0.469 bits per heavy atom. The molecule has 0 atom stereocenters. The van der Waals surface area contributed by atoms with Gasteiger partial charge in [0.2, 0.25) is 11.4 Å². The van der Waals surface area contributed by atoms with Gasteiger partial charge in [-0.1, -0.05) is 149 Å². The molecule has 1 aliphatic heterocycles. The van der Waals surface area contributed by atoms with Crippen molar-refractivity contribution in [3.8, 4) is 0 Å². The molecule has 49 heavy (non-hydrogen) atoms. The van der Waals surface area contributed by atoms with Gasteiger partial charge in [0.25, 0.3) is 0 Å². The van der Waals surface area contributed by atoms with Crippen molar-refractivity contribution in [3.63, 3.8) is 0 Å². The quantitative estimate of drug-likeness (QED) is 0.0671. The number of hydrogen-bond acceptors (Lipinski definition) is 0. The van der Waals surface area contributed by atoms with Crippen LogP contribution in [0.4, 0.5) is 0 Å². The molecule has 0 radical (unpaired) electrons. The Morgan fingerprint density at radius 2 is 0.857 bits per heavy atom. The second-order valence-corrected chi connectivity index (χ2v) is 14.9. The van der Waals surface area contributed by atoms with Crippen molar-refractivity contribution in [1.29, 1.82) is 0 Å². The molecule has 0 bridgehead atoms. The Kier molecular flexibility index (Phi) is 20.3. The third kappa shape index (κ3) is 14.6. The first-order chi connectivity index (χ1) is 24.0. The highest BCUT2D eigenvalue weighted by Gasteiger charge is 2.29. The third-order valence-electron chi connectivity index (χ3n) is 10.2. The molecule has 1 aliphatic rings. The van der Waals surface area contributed by atoms with Crippen LogP contribution < -0.4 is 0 Å². The average Bonchev–Trinajstić information content (AvgIpc) is 3.45. The van der Waals surface area contributed by atoms with Gasteiger partial charge in [-0.05, 0) is 111 Å². The highest BCUT2D eigenvalue weighted by molar-refractivity contribution is 5.81. The van der Waals surface area contributed by atoms with E-state index in [0.717, 1.165) is 60.2 Å². The molecule has 270 valence electrons. The number of nitrogens with zero attached hydrogens (tertiary/aromatic N) is 2. The minimum absolute atomic E-state index is 0.912. The predicted molar refractivity (Wildman–Crippen MR) is 216 cm³/mol. The van der Waals surface area contributed by atoms with Crippen LogP contribution in [0.1, 0.15) is 196 Å². The normalized spacial score (nSPS) is 13.3. The van der Waals surface area contributed by atoms with E-state index in [-0.39, 0.29) is 0 Å². The zero-order valence-corrected chi connectivity index (χ0v) is 32.6. The summed E-state index contributed by atoms with van der Waals surface area (Å²) in [4.78, 5) is 0. The van der Waals surface area contributed by atoms with Gasteiger partial charge < -0.3 is 5.53 Å². The Morgan fingerprint density at radius 3 is 1.29 bits per heavy atom. The van der Waals surface area contributed by atoms with Crippen molar-refractivity contribution < 1.29 is 4.70 Å². The summed E-state index contributed by atoms with van der Waals surface area (Å²) in [5.41, 5.74) is 22.9. The number of benzene rings is 2. The van der Waals surface area contributed by atoms with Crippen LogP contribution in [-0.4, -0.2) is 4.70 Å². The molecule has 2 heteroatoms. The van der Waals surface area contributed by atoms with Gasteiger partial charge in [0, 0.05) is 17.2 Å². The average molecular weight is 665 g/mol. The lowest BCUT2D eigenvalue weighted by Gasteiger charge is -2.14. The minimum atomic E-state index is 0.912. The SMILES string of the molecule is CCCCCCCCCCCCCC=CC1=C(c2cc(CCCC)cc(CCCC)c2)[N+](=[N-])C(c2cc(CCCC)cc(CCCC)c2)=C1. The Balaban J connectivity index is 1.84. The molecule has 0 amide bonds. The maximum atomic E-state index is 12.1. The predicted octanol–water partition coefficient (Wildman–Crippen LogP) is 15.1. The molecule has 0 N–H and O–H groups in total. The molecular weight excluding hydrogens is 593 g/mol. The van der Waals surface area contributed by atoms with E-state index in [2.05, 4.69) is 89.2 Å². The van der Waals surface area contributed by atoms with Crippen molar-refractivity contribution in [2.45, 2.75) is 189 Å². The smallest absolute Gasteiger partial charge is 0.214 e. The summed E-state index contributed by atoms with van der Waals surface area (Å²) in [5, 5.41) is 0. The fourth-order valence-electron chi connectivity index (χ4n) is 7.19. The van der Waals surface area contributed by atoms with Gasteiger partial charge in [0.1, 0.15) is 0 Å². The number of hydrogen-bond donors (Lipinski definition) is 0. The summed E-state index contributed by atoms with van der Waals surface area (Å²) in [6.45, 7) is 11.4. The maximum Gasteiger partial charge on any atom is 0.214 e. The Labute approximate surface area is 303 Å². The summed E-state index contributed by atoms with van der Waals surface area (Å²) in [7, 11) is 0. The van der Waals surface area contributed by atoms with E-state index in [4.69, 9.17) is 0 Å². The number of rotatable bonds is 27. The van der Waals surface area contributed by atoms with E-state index in [1.165, 1.54) is 149 Å². The molecule has 0 saturated carbocycles. The maximum absolute atomic E-state index is 12.1. The van der Waals surface area contributed by atoms with E-state index in [1.54, 1.807) is 0 Å². The standard InChI is InChI=1S/C47H72N2/c1-6-11-16-17-18-19-20-21-22-23-24-25-26-31-43-38-46(44-34-39(27-12-7-2)32-40(35-44)28-13-8-3)49(48)47(43)45-36-41(29-14-9-4)33-42(37-45)30-15-10-5/h26,31-38H,6-25,27-30H2,1-5H3. The first kappa shape index (κ1) is 40.7. The van der Waals surface area contributed by atoms with E-state index in [1.807, 2.05) is 0 Å². The lowest BCUT2D eigenvalue weighted by molar-refractivity contribution is -0.344. The van der Waals surface area contributed by atoms with Gasteiger partial charge in [0.05, 0.1) is 5.57 Å². The van der Waals surface area contributed by atoms with Crippen LogP contribution in [0.15, 0.2) is 60.2 Å². The van der Waals surface area contributed by atoms with Gasteiger partial charge in [-0.15, -0.1) is 0 Å². The van der Waals surface area contributed by atoms with Crippen LogP contribution in [-0.2, 0) is 25.7 Å². The number of unbranched alkanes of at least 4 members (excludes halogenated alkanes) is 15. The largest absolute Gasteiger partial charge is 0.493 e. The molecule has 0 fully saturated rings. The first-order valence-corrected chi connectivity index (χ1v) is 20.9. The molecule has 3 rings (SSSR count). The summed E-state index contributed by atoms with van der Waals surface area (Å²) in [5.74, 6) is 0. The molecule has 0 aromatic heterocycles. The van der Waals surface area contributed by atoms with Crippen LogP contribution in [0.5, 0.6) is 0 Å². The van der Waals surface area contributed by atoms with Gasteiger partial charge in [-0.3, -0.25) is 0 Å². The first-order valence-electron chi connectivity index (χ1n) is 20.9. The highest BCUT2D eigenvalue weighted by Crippen LogP contribution is 2.38. The molecule has 0 unspecified atom stereocenters. The van der Waals surface area contributed by atoms with E-state index >= 15 is 0 Å². The summed E-state index contributed by atoms with van der Waals surface area (Å²) >= 11 is 0. The van der Waals surface area contributed by atoms with Crippen molar-refractivity contribution in [3.05, 3.63) is 99.1 Å². The van der Waals surface area contributed by atoms with Gasteiger partial charge >= 0.3 is 0 Å². The topological polar surface area (TPSA) is 25.3 Å². The third-order valence-corrected chi connectivity index (χ3v) is 10.2. The Bertz CT molecular complexity index is 1290. The summed E-state index contributed by atoms with van der Waals surface area (Å²) < 4.78 is 1.52. The van der Waals surface area contributed by atoms with E-state index in [0.29, 0.717) is 0 Å². The van der Waals surface area contributed by atoms with Gasteiger partial charge in [-0.25, -0.2) is 4.70 Å². The molecule has 2 nitrogen and oxygen atoms in total. The summed E-state index contributed by atoms with van der Waals surface area (Å²) in [6, 6.07) is 14.2. The monoisotopic (exact) mass is 665 g/mol. The van der Waals surface area contributed by atoms with Crippen LogP contribution >= 0.6 is 0 Å². The molecule has 2 aromatic carbocycles. The molecule has 0 saturated heterocycles. The fourth-order valence-corrected chi connectivity index (χ4v) is 7.19. The van der Waals surface area contributed by atoms with E-state index < -0.39 is 0 Å². The minimum Gasteiger partial charge on any atom is -0.493 e. The number of aryl methyl sites for hydroxylation is 4. The molecule has 0 spiro atoms. The second-order valence-electron chi connectivity index (χ2n) is 14.9. The Hall–Kier alpha value is -2.74. The lowest BCUT2D eigenvalue weighted by Crippen LogP contribution is -2.05. The van der Waals surface area contributed by atoms with Crippen LogP contribution in [0.2, 0.25) is 0 Å². The van der Waals surface area contributed by atoms with Crippen LogP contribution in [0.3, 0.4) is 0 Å². The van der Waals surface area contributed by atoms with Gasteiger partial charge in [-0.2, -0.15) is 0 Å². The molecule has 1 heterocycles. The van der Waals surface area contributed by atoms with Crippen molar-refractivity contribution in [1.82, 2.24) is 0 Å². The zero-order valence-electron chi connectivity index (χ0n) is 32.6. The molecule has 0 aliphatic carbocycles. The second kappa shape index (κ2) is 24.4. The fraction of sp³-hybridized carbons (Fsp3) is 0.617. The van der Waals surface area contributed by atoms with Crippen LogP contribution in [0, 0.1) is 0 Å². The van der Waals surface area contributed by atoms with Crippen molar-refractivity contribution >= 4 is 11.4 Å². The lowest BCUT2D eigenvalue weighted by atomic mass is 9.96. The number of allylic oxidation sites excluding steroid dienone is 4. The molecule has 2 aromatic rings. The van der Waals surface area contributed by atoms with Crippen LogP contribution in [0.25, 0.3) is 16.9 Å². The highest BCUT2D eigenvalue weighted by atomic mass is 15.2. The van der Waals surface area contributed by atoms with E-state index in [9.17, 15) is 5.53 Å². The zero-order chi connectivity index (χ0) is 35.1. The van der Waals surface area contributed by atoms with Crippen molar-refractivity contribution in [2.24, 2.45) is 0 Å². The summed E-state index contributed by atoms with van der Waals surface area (Å²) in [6.07, 6.45) is 37.0. The van der Waals surface area contributed by atoms with Crippen molar-refractivity contribution in [2.75, 3.05) is 0 Å². The molecular formula is C47H72N2. The van der Waals surface area contributed by atoms with Gasteiger partial charge in [0.15, 0.2) is 0 Å².